The number of rotatable bonds is 0. The van der Waals surface area contributed by atoms with Crippen molar-refractivity contribution in [2.75, 3.05) is 7.05 Å². The van der Waals surface area contributed by atoms with Crippen molar-refractivity contribution in [1.82, 2.24) is 10.2 Å². The first-order chi connectivity index (χ1) is 4.04. The van der Waals surface area contributed by atoms with Gasteiger partial charge in [-0.3, -0.25) is 11.5 Å². The Balaban J connectivity index is 2.73. The van der Waals surface area contributed by atoms with Crippen LogP contribution in [0.4, 0.5) is 0 Å². The summed E-state index contributed by atoms with van der Waals surface area (Å²) in [5.41, 5.74) is 12.1. The van der Waals surface area contributed by atoms with Gasteiger partial charge in [0.1, 0.15) is 0 Å². The molecule has 0 aromatic rings. The molecule has 0 amide bonds. The van der Waals surface area contributed by atoms with Crippen molar-refractivity contribution in [3.05, 3.63) is 11.9 Å². The van der Waals surface area contributed by atoms with E-state index in [0.717, 1.165) is 5.70 Å². The minimum absolute atomic E-state index is 0.885. The van der Waals surface area contributed by atoms with E-state index in [1.807, 2.05) is 14.0 Å². The molecule has 1 aliphatic heterocycles. The van der Waals surface area contributed by atoms with Crippen molar-refractivity contribution in [1.29, 1.82) is 0 Å². The molecule has 0 atom stereocenters. The summed E-state index contributed by atoms with van der Waals surface area (Å²) in [5.74, 6) is -0.885. The summed E-state index contributed by atoms with van der Waals surface area (Å²) in [5, 5.41) is 2.81. The van der Waals surface area contributed by atoms with Crippen molar-refractivity contribution in [3.63, 3.8) is 0 Å². The zero-order valence-corrected chi connectivity index (χ0v) is 5.68. The van der Waals surface area contributed by atoms with Crippen LogP contribution in [-0.2, 0) is 0 Å². The third-order valence-corrected chi connectivity index (χ3v) is 1.60. The van der Waals surface area contributed by atoms with Gasteiger partial charge in [0.15, 0.2) is 0 Å². The Hall–Kier alpha value is -0.740. The van der Waals surface area contributed by atoms with E-state index in [-0.39, 0.29) is 0 Å². The molecule has 0 radical (unpaired) electrons. The Morgan fingerprint density at radius 2 is 2.22 bits per heavy atom. The van der Waals surface area contributed by atoms with Crippen molar-refractivity contribution in [3.8, 4) is 0 Å². The molecule has 0 aliphatic carbocycles. The zero-order valence-electron chi connectivity index (χ0n) is 5.68. The summed E-state index contributed by atoms with van der Waals surface area (Å²) < 4.78 is 0. The fourth-order valence-corrected chi connectivity index (χ4v) is 0.706. The maximum Gasteiger partial charge on any atom is 0.220 e. The lowest BCUT2D eigenvalue weighted by Crippen LogP contribution is -2.65. The van der Waals surface area contributed by atoms with E-state index in [1.54, 1.807) is 11.1 Å². The first-order valence-corrected chi connectivity index (χ1v) is 2.80. The van der Waals surface area contributed by atoms with Crippen LogP contribution in [0.5, 0.6) is 0 Å². The molecular weight excluding hydrogens is 116 g/mol. The van der Waals surface area contributed by atoms with Crippen LogP contribution in [-0.4, -0.2) is 17.9 Å². The lowest BCUT2D eigenvalue weighted by Gasteiger charge is -2.29. The van der Waals surface area contributed by atoms with E-state index in [9.17, 15) is 0 Å². The van der Waals surface area contributed by atoms with Crippen molar-refractivity contribution in [2.45, 2.75) is 12.8 Å². The predicted molar refractivity (Wildman–Crippen MR) is 35.8 cm³/mol. The van der Waals surface area contributed by atoms with E-state index in [1.165, 1.54) is 0 Å². The van der Waals surface area contributed by atoms with Gasteiger partial charge >= 0.3 is 0 Å². The molecule has 0 bridgehead atoms. The largest absolute Gasteiger partial charge is 0.342 e. The third-order valence-electron chi connectivity index (χ3n) is 1.60. The second kappa shape index (κ2) is 1.62. The van der Waals surface area contributed by atoms with Crippen LogP contribution in [0.2, 0.25) is 0 Å². The molecule has 0 saturated carbocycles. The highest BCUT2D eigenvalue weighted by molar-refractivity contribution is 5.07. The number of hydrogen-bond donors (Lipinski definition) is 3. The highest BCUT2D eigenvalue weighted by Gasteiger charge is 2.28. The average molecular weight is 128 g/mol. The Morgan fingerprint density at radius 3 is 2.33 bits per heavy atom. The van der Waals surface area contributed by atoms with Gasteiger partial charge < -0.3 is 10.2 Å². The lowest BCUT2D eigenvalue weighted by molar-refractivity contribution is 0.177. The van der Waals surface area contributed by atoms with Crippen LogP contribution >= 0.6 is 0 Å². The Labute approximate surface area is 54.5 Å². The molecule has 0 saturated heterocycles. The first kappa shape index (κ1) is 6.38. The fourth-order valence-electron chi connectivity index (χ4n) is 0.706. The zero-order chi connectivity index (χ0) is 7.07. The SMILES string of the molecule is CC1=CNC(N)(N)N1C. The summed E-state index contributed by atoms with van der Waals surface area (Å²) >= 11 is 0. The Bertz CT molecular complexity index is 149. The predicted octanol–water partition coefficient (Wildman–Crippen LogP) is -1.09. The summed E-state index contributed by atoms with van der Waals surface area (Å²) in [6.07, 6.45) is 1.79. The van der Waals surface area contributed by atoms with Crippen LogP contribution in [0.15, 0.2) is 11.9 Å². The van der Waals surface area contributed by atoms with Gasteiger partial charge in [-0.2, -0.15) is 0 Å². The molecule has 1 aliphatic rings. The minimum Gasteiger partial charge on any atom is -0.342 e. The molecule has 52 valence electrons. The molecule has 0 fully saturated rings. The molecule has 0 spiro atoms. The van der Waals surface area contributed by atoms with Crippen LogP contribution in [0.3, 0.4) is 0 Å². The molecule has 1 heterocycles. The van der Waals surface area contributed by atoms with Gasteiger partial charge in [-0.15, -0.1) is 0 Å². The number of hydrogen-bond acceptors (Lipinski definition) is 4. The third kappa shape index (κ3) is 0.863. The van der Waals surface area contributed by atoms with Gasteiger partial charge in [-0.05, 0) is 6.92 Å². The maximum atomic E-state index is 5.55. The molecule has 1 rings (SSSR count). The molecule has 4 heteroatoms. The first-order valence-electron chi connectivity index (χ1n) is 2.80. The quantitative estimate of drug-likeness (QED) is 0.363. The Morgan fingerprint density at radius 1 is 1.67 bits per heavy atom. The van der Waals surface area contributed by atoms with Gasteiger partial charge in [-0.1, -0.05) is 0 Å². The molecule has 0 aromatic carbocycles. The molecule has 9 heavy (non-hydrogen) atoms. The van der Waals surface area contributed by atoms with Gasteiger partial charge in [0.05, 0.1) is 0 Å². The second-order valence-corrected chi connectivity index (χ2v) is 2.31. The van der Waals surface area contributed by atoms with E-state index in [0.29, 0.717) is 0 Å². The smallest absolute Gasteiger partial charge is 0.220 e. The summed E-state index contributed by atoms with van der Waals surface area (Å²) in [7, 11) is 1.84. The van der Waals surface area contributed by atoms with E-state index in [4.69, 9.17) is 11.5 Å². The van der Waals surface area contributed by atoms with Crippen LogP contribution < -0.4 is 16.8 Å². The van der Waals surface area contributed by atoms with Crippen LogP contribution in [0, 0.1) is 0 Å². The van der Waals surface area contributed by atoms with Gasteiger partial charge in [0.2, 0.25) is 5.91 Å². The number of nitrogens with one attached hydrogen (secondary N) is 1. The van der Waals surface area contributed by atoms with Crippen LogP contribution in [0.25, 0.3) is 0 Å². The summed E-state index contributed by atoms with van der Waals surface area (Å²) in [4.78, 5) is 1.77. The average Bonchev–Trinajstić information content (AvgIpc) is 1.97. The minimum atomic E-state index is -0.885. The monoisotopic (exact) mass is 128 g/mol. The molecular formula is C5H12N4. The number of nitrogens with two attached hydrogens (primary N) is 2. The molecule has 5 N–H and O–H groups in total. The van der Waals surface area contributed by atoms with E-state index in [2.05, 4.69) is 5.32 Å². The van der Waals surface area contributed by atoms with E-state index >= 15 is 0 Å². The number of nitrogens with zero attached hydrogens (tertiary/aromatic N) is 1. The van der Waals surface area contributed by atoms with Gasteiger partial charge in [0, 0.05) is 18.9 Å². The molecule has 0 aromatic heterocycles. The van der Waals surface area contributed by atoms with Crippen molar-refractivity contribution < 1.29 is 0 Å². The van der Waals surface area contributed by atoms with Crippen LogP contribution in [0.1, 0.15) is 6.92 Å². The standard InChI is InChI=1S/C5H12N4/c1-4-3-8-5(6,7)9(4)2/h3,8H,6-7H2,1-2H3. The topological polar surface area (TPSA) is 67.3 Å². The van der Waals surface area contributed by atoms with Gasteiger partial charge in [-0.25, -0.2) is 0 Å². The van der Waals surface area contributed by atoms with Crippen molar-refractivity contribution >= 4 is 0 Å². The van der Waals surface area contributed by atoms with E-state index < -0.39 is 5.91 Å². The molecule has 4 nitrogen and oxygen atoms in total. The lowest BCUT2D eigenvalue weighted by atomic mass is 10.5. The van der Waals surface area contributed by atoms with Gasteiger partial charge in [0.25, 0.3) is 0 Å². The molecule has 0 unspecified atom stereocenters. The Kier molecular flexibility index (Phi) is 1.15. The second-order valence-electron chi connectivity index (χ2n) is 2.31. The highest BCUT2D eigenvalue weighted by Crippen LogP contribution is 2.10. The fraction of sp³-hybridized carbons (Fsp3) is 0.600. The summed E-state index contributed by atoms with van der Waals surface area (Å²) in [6.45, 7) is 1.94. The normalized spacial score (nSPS) is 23.6. The summed E-state index contributed by atoms with van der Waals surface area (Å²) in [6, 6.07) is 0. The highest BCUT2D eigenvalue weighted by atomic mass is 15.5. The maximum absolute atomic E-state index is 5.55. The number of allylic oxidation sites excluding steroid dienone is 1. The van der Waals surface area contributed by atoms with Crippen molar-refractivity contribution in [2.24, 2.45) is 11.5 Å².